The summed E-state index contributed by atoms with van der Waals surface area (Å²) in [6, 6.07) is 12.1. The second-order valence-electron chi connectivity index (χ2n) is 7.26. The van der Waals surface area contributed by atoms with Gasteiger partial charge in [-0.3, -0.25) is 0 Å². The van der Waals surface area contributed by atoms with E-state index in [1.54, 1.807) is 7.11 Å². The predicted octanol–water partition coefficient (Wildman–Crippen LogP) is 3.67. The minimum atomic E-state index is 0.589. The van der Waals surface area contributed by atoms with E-state index in [-0.39, 0.29) is 0 Å². The number of guanidine groups is 1. The Labute approximate surface area is 179 Å². The Morgan fingerprint density at radius 3 is 2.83 bits per heavy atom. The number of benzene rings is 1. The van der Waals surface area contributed by atoms with Gasteiger partial charge in [-0.2, -0.15) is 0 Å². The molecule has 7 nitrogen and oxygen atoms in total. The average molecular weight is 412 g/mol. The topological polar surface area (TPSA) is 71.0 Å². The molecule has 0 aliphatic carbocycles. The minimum absolute atomic E-state index is 0.589. The lowest BCUT2D eigenvalue weighted by Gasteiger charge is -2.16. The molecule has 162 valence electrons. The molecule has 1 aliphatic heterocycles. The number of pyridine rings is 1. The Kier molecular flexibility index (Phi) is 8.78. The van der Waals surface area contributed by atoms with Crippen molar-refractivity contribution >= 4 is 17.5 Å². The van der Waals surface area contributed by atoms with Crippen LogP contribution in [0.25, 0.3) is 0 Å². The van der Waals surface area contributed by atoms with E-state index in [2.05, 4.69) is 33.5 Å². The van der Waals surface area contributed by atoms with Crippen molar-refractivity contribution in [3.63, 3.8) is 0 Å². The van der Waals surface area contributed by atoms with Gasteiger partial charge < -0.3 is 25.0 Å². The SMILES string of the molecule is CCNC(=NCc1ccnc(N2CCCC2)c1)Nc1cccc(OCCCOC)c1. The Morgan fingerprint density at radius 2 is 2.03 bits per heavy atom. The lowest BCUT2D eigenvalue weighted by molar-refractivity contribution is 0.172. The molecule has 0 radical (unpaired) electrons. The number of aliphatic imine (C=N–C) groups is 1. The molecule has 0 saturated carbocycles. The lowest BCUT2D eigenvalue weighted by Crippen LogP contribution is -2.30. The largest absolute Gasteiger partial charge is 0.493 e. The van der Waals surface area contributed by atoms with Crippen LogP contribution in [0.4, 0.5) is 11.5 Å². The second-order valence-corrected chi connectivity index (χ2v) is 7.26. The summed E-state index contributed by atoms with van der Waals surface area (Å²) in [5.74, 6) is 2.63. The van der Waals surface area contributed by atoms with Crippen LogP contribution in [0.3, 0.4) is 0 Å². The minimum Gasteiger partial charge on any atom is -0.493 e. The van der Waals surface area contributed by atoms with E-state index in [9.17, 15) is 0 Å². The molecule has 2 heterocycles. The highest BCUT2D eigenvalue weighted by Gasteiger charge is 2.13. The maximum absolute atomic E-state index is 5.79. The highest BCUT2D eigenvalue weighted by Crippen LogP contribution is 2.19. The van der Waals surface area contributed by atoms with Crippen LogP contribution in [0.1, 0.15) is 31.7 Å². The van der Waals surface area contributed by atoms with E-state index in [1.165, 1.54) is 12.8 Å². The molecular formula is C23H33N5O2. The summed E-state index contributed by atoms with van der Waals surface area (Å²) < 4.78 is 10.8. The predicted molar refractivity (Wildman–Crippen MR) is 123 cm³/mol. The van der Waals surface area contributed by atoms with E-state index >= 15 is 0 Å². The highest BCUT2D eigenvalue weighted by atomic mass is 16.5. The number of nitrogens with zero attached hydrogens (tertiary/aromatic N) is 3. The van der Waals surface area contributed by atoms with Gasteiger partial charge in [0.1, 0.15) is 11.6 Å². The molecule has 1 fully saturated rings. The molecule has 0 atom stereocenters. The van der Waals surface area contributed by atoms with Gasteiger partial charge in [-0.25, -0.2) is 9.98 Å². The number of nitrogens with one attached hydrogen (secondary N) is 2. The van der Waals surface area contributed by atoms with Gasteiger partial charge in [0.2, 0.25) is 0 Å². The zero-order valence-electron chi connectivity index (χ0n) is 18.1. The van der Waals surface area contributed by atoms with Crippen molar-refractivity contribution < 1.29 is 9.47 Å². The third-order valence-corrected chi connectivity index (χ3v) is 4.86. The first-order chi connectivity index (χ1) is 14.8. The van der Waals surface area contributed by atoms with Crippen LogP contribution in [-0.4, -0.2) is 50.9 Å². The molecule has 3 rings (SSSR count). The van der Waals surface area contributed by atoms with Crippen molar-refractivity contribution in [2.75, 3.05) is 50.2 Å². The average Bonchev–Trinajstić information content (AvgIpc) is 3.31. The Morgan fingerprint density at radius 1 is 1.17 bits per heavy atom. The summed E-state index contributed by atoms with van der Waals surface area (Å²) in [4.78, 5) is 11.6. The molecular weight excluding hydrogens is 378 g/mol. The molecule has 30 heavy (non-hydrogen) atoms. The normalized spacial score (nSPS) is 14.1. The second kappa shape index (κ2) is 12.0. The first-order valence-electron chi connectivity index (χ1n) is 10.8. The van der Waals surface area contributed by atoms with Crippen LogP contribution in [0.5, 0.6) is 5.75 Å². The maximum atomic E-state index is 5.79. The zero-order chi connectivity index (χ0) is 21.0. The van der Waals surface area contributed by atoms with E-state index < -0.39 is 0 Å². The summed E-state index contributed by atoms with van der Waals surface area (Å²) in [6.45, 7) is 6.95. The first-order valence-corrected chi connectivity index (χ1v) is 10.8. The number of hydrogen-bond donors (Lipinski definition) is 2. The fourth-order valence-electron chi connectivity index (χ4n) is 3.35. The van der Waals surface area contributed by atoms with Crippen LogP contribution in [0.2, 0.25) is 0 Å². The molecule has 0 amide bonds. The number of hydrogen-bond acceptors (Lipinski definition) is 5. The van der Waals surface area contributed by atoms with Crippen LogP contribution < -0.4 is 20.3 Å². The van der Waals surface area contributed by atoms with Gasteiger partial charge in [0, 0.05) is 57.7 Å². The molecule has 7 heteroatoms. The van der Waals surface area contributed by atoms with Crippen LogP contribution in [0.15, 0.2) is 47.6 Å². The third-order valence-electron chi connectivity index (χ3n) is 4.86. The monoisotopic (exact) mass is 411 g/mol. The van der Waals surface area contributed by atoms with Crippen molar-refractivity contribution in [1.82, 2.24) is 10.3 Å². The molecule has 2 N–H and O–H groups in total. The van der Waals surface area contributed by atoms with Crippen LogP contribution in [0, 0.1) is 0 Å². The number of ether oxygens (including phenoxy) is 2. The summed E-state index contributed by atoms with van der Waals surface area (Å²) in [5.41, 5.74) is 2.09. The van der Waals surface area contributed by atoms with Gasteiger partial charge in [0.05, 0.1) is 13.2 Å². The smallest absolute Gasteiger partial charge is 0.196 e. The quantitative estimate of drug-likeness (QED) is 0.353. The summed E-state index contributed by atoms with van der Waals surface area (Å²) in [6.07, 6.45) is 5.23. The Bertz CT molecular complexity index is 806. The van der Waals surface area contributed by atoms with Crippen molar-refractivity contribution in [2.24, 2.45) is 4.99 Å². The van der Waals surface area contributed by atoms with Gasteiger partial charge in [-0.1, -0.05) is 6.07 Å². The molecule has 1 aromatic heterocycles. The number of anilines is 2. The molecule has 0 unspecified atom stereocenters. The molecule has 0 spiro atoms. The van der Waals surface area contributed by atoms with Gasteiger partial charge in [0.25, 0.3) is 0 Å². The highest BCUT2D eigenvalue weighted by molar-refractivity contribution is 5.93. The standard InChI is InChI=1S/C23H33N5O2/c1-3-24-23(27-20-8-6-9-21(17-20)30-15-7-14-29-2)26-18-19-10-11-25-22(16-19)28-12-4-5-13-28/h6,8-11,16-17H,3-5,7,12-15,18H2,1-2H3,(H2,24,26,27). The fourth-order valence-corrected chi connectivity index (χ4v) is 3.35. The van der Waals surface area contributed by atoms with E-state index in [0.29, 0.717) is 19.8 Å². The Hall–Kier alpha value is -2.80. The zero-order valence-corrected chi connectivity index (χ0v) is 18.1. The third kappa shape index (κ3) is 6.91. The molecule has 1 aromatic carbocycles. The van der Waals surface area contributed by atoms with Crippen LogP contribution >= 0.6 is 0 Å². The van der Waals surface area contributed by atoms with E-state index in [0.717, 1.165) is 54.8 Å². The molecule has 1 aliphatic rings. The van der Waals surface area contributed by atoms with E-state index in [4.69, 9.17) is 14.5 Å². The number of aromatic nitrogens is 1. The van der Waals surface area contributed by atoms with Crippen molar-refractivity contribution in [2.45, 2.75) is 32.7 Å². The van der Waals surface area contributed by atoms with Gasteiger partial charge in [-0.15, -0.1) is 0 Å². The first kappa shape index (κ1) is 21.9. The maximum Gasteiger partial charge on any atom is 0.196 e. The molecule has 0 bridgehead atoms. The van der Waals surface area contributed by atoms with Crippen LogP contribution in [-0.2, 0) is 11.3 Å². The fraction of sp³-hybridized carbons (Fsp3) is 0.478. The molecule has 1 saturated heterocycles. The lowest BCUT2D eigenvalue weighted by atomic mass is 10.2. The van der Waals surface area contributed by atoms with Gasteiger partial charge >= 0.3 is 0 Å². The van der Waals surface area contributed by atoms with Gasteiger partial charge in [0.15, 0.2) is 5.96 Å². The number of rotatable bonds is 10. The molecule has 2 aromatic rings. The van der Waals surface area contributed by atoms with E-state index in [1.807, 2.05) is 36.5 Å². The summed E-state index contributed by atoms with van der Waals surface area (Å²) >= 11 is 0. The number of methoxy groups -OCH3 is 1. The summed E-state index contributed by atoms with van der Waals surface area (Å²) in [5, 5.41) is 6.68. The van der Waals surface area contributed by atoms with Crippen molar-refractivity contribution in [1.29, 1.82) is 0 Å². The van der Waals surface area contributed by atoms with Gasteiger partial charge in [-0.05, 0) is 49.6 Å². The van der Waals surface area contributed by atoms with Crippen molar-refractivity contribution in [3.8, 4) is 5.75 Å². The van der Waals surface area contributed by atoms with Crippen molar-refractivity contribution in [3.05, 3.63) is 48.2 Å². The summed E-state index contributed by atoms with van der Waals surface area (Å²) in [7, 11) is 1.70. The Balaban J connectivity index is 1.61.